The van der Waals surface area contributed by atoms with Gasteiger partial charge >= 0.3 is 0 Å². The van der Waals surface area contributed by atoms with E-state index in [9.17, 15) is 5.11 Å². The molecule has 1 aromatic rings. The number of aliphatic hydroxyl groups is 1. The van der Waals surface area contributed by atoms with Gasteiger partial charge < -0.3 is 19.9 Å². The van der Waals surface area contributed by atoms with E-state index in [-0.39, 0.29) is 6.61 Å². The third-order valence-electron chi connectivity index (χ3n) is 3.80. The number of benzene rings is 1. The first-order valence-electron chi connectivity index (χ1n) is 7.00. The van der Waals surface area contributed by atoms with E-state index in [4.69, 9.17) is 9.47 Å². The normalized spacial score (nSPS) is 21.6. The molecule has 4 heteroatoms. The average molecular weight is 263 g/mol. The first-order valence-corrected chi connectivity index (χ1v) is 7.00. The van der Waals surface area contributed by atoms with Crippen molar-refractivity contribution < 1.29 is 14.6 Å². The smallest absolute Gasteiger partial charge is 0.161 e. The van der Waals surface area contributed by atoms with Gasteiger partial charge in [0.15, 0.2) is 11.5 Å². The fourth-order valence-electron chi connectivity index (χ4n) is 2.40. The number of aliphatic hydroxyl groups excluding tert-OH is 1. The summed E-state index contributed by atoms with van der Waals surface area (Å²) in [6, 6.07) is 6.48. The molecule has 2 aliphatic rings. The molecule has 1 unspecified atom stereocenters. The van der Waals surface area contributed by atoms with Gasteiger partial charge in [-0.25, -0.2) is 0 Å². The third-order valence-corrected chi connectivity index (χ3v) is 3.80. The van der Waals surface area contributed by atoms with Gasteiger partial charge in [-0.3, -0.25) is 0 Å². The van der Waals surface area contributed by atoms with Crippen LogP contribution in [-0.4, -0.2) is 31.0 Å². The summed E-state index contributed by atoms with van der Waals surface area (Å²) < 4.78 is 11.4. The highest BCUT2D eigenvalue weighted by atomic mass is 16.5. The van der Waals surface area contributed by atoms with Crippen LogP contribution in [-0.2, 0) is 5.54 Å². The van der Waals surface area contributed by atoms with E-state index < -0.39 is 5.54 Å². The van der Waals surface area contributed by atoms with E-state index in [0.717, 1.165) is 23.5 Å². The summed E-state index contributed by atoms with van der Waals surface area (Å²) in [5.41, 5.74) is 0.637. The molecule has 0 aromatic heterocycles. The van der Waals surface area contributed by atoms with Crippen LogP contribution in [0, 0.1) is 0 Å². The van der Waals surface area contributed by atoms with Crippen LogP contribution in [0.5, 0.6) is 11.5 Å². The van der Waals surface area contributed by atoms with E-state index in [2.05, 4.69) is 5.32 Å². The number of fused-ring (bicyclic) bond motifs is 1. The topological polar surface area (TPSA) is 50.7 Å². The lowest BCUT2D eigenvalue weighted by Gasteiger charge is -2.30. The van der Waals surface area contributed by atoms with Crippen molar-refractivity contribution >= 4 is 0 Å². The van der Waals surface area contributed by atoms with Crippen LogP contribution in [0.3, 0.4) is 0 Å². The van der Waals surface area contributed by atoms with Gasteiger partial charge in [0.2, 0.25) is 0 Å². The Morgan fingerprint density at radius 3 is 2.68 bits per heavy atom. The Kier molecular flexibility index (Phi) is 3.37. The first kappa shape index (κ1) is 12.8. The molecule has 0 radical (unpaired) electrons. The van der Waals surface area contributed by atoms with Gasteiger partial charge in [-0.1, -0.05) is 6.07 Å². The number of hydrogen-bond acceptors (Lipinski definition) is 4. The van der Waals surface area contributed by atoms with Gasteiger partial charge in [0.05, 0.1) is 25.4 Å². The molecule has 1 fully saturated rings. The fraction of sp³-hybridized carbons (Fsp3) is 0.600. The molecule has 0 amide bonds. The van der Waals surface area contributed by atoms with Crippen LogP contribution in [0.4, 0.5) is 0 Å². The number of rotatable bonds is 4. The van der Waals surface area contributed by atoms with Crippen LogP contribution in [0.1, 0.15) is 31.7 Å². The summed E-state index contributed by atoms with van der Waals surface area (Å²) in [7, 11) is 0. The number of nitrogens with one attached hydrogen (secondary N) is 1. The second-order valence-electron chi connectivity index (χ2n) is 5.62. The van der Waals surface area contributed by atoms with Crippen molar-refractivity contribution in [3.63, 3.8) is 0 Å². The molecule has 1 aromatic carbocycles. The lowest BCUT2D eigenvalue weighted by atomic mass is 9.92. The van der Waals surface area contributed by atoms with Crippen molar-refractivity contribution in [3.05, 3.63) is 23.8 Å². The number of ether oxygens (including phenoxy) is 2. The van der Waals surface area contributed by atoms with Gasteiger partial charge in [0, 0.05) is 12.5 Å². The molecule has 19 heavy (non-hydrogen) atoms. The van der Waals surface area contributed by atoms with Crippen LogP contribution in [0.25, 0.3) is 0 Å². The zero-order valence-electron chi connectivity index (χ0n) is 11.3. The first-order chi connectivity index (χ1) is 9.21. The standard InChI is InChI=1S/C15H21NO3/c1-15(10-17,16-12-4-5-12)11-3-6-13-14(9-11)19-8-2-7-18-13/h3,6,9,12,16-17H,2,4-5,7-8,10H2,1H3. The Bertz CT molecular complexity index is 459. The lowest BCUT2D eigenvalue weighted by Crippen LogP contribution is -2.44. The van der Waals surface area contributed by atoms with E-state index >= 15 is 0 Å². The van der Waals surface area contributed by atoms with Gasteiger partial charge in [-0.2, -0.15) is 0 Å². The maximum atomic E-state index is 9.74. The molecule has 1 saturated carbocycles. The molecule has 1 aliphatic carbocycles. The molecule has 0 saturated heterocycles. The van der Waals surface area contributed by atoms with Crippen LogP contribution >= 0.6 is 0 Å². The van der Waals surface area contributed by atoms with Crippen LogP contribution < -0.4 is 14.8 Å². The summed E-state index contributed by atoms with van der Waals surface area (Å²) in [4.78, 5) is 0. The predicted molar refractivity (Wildman–Crippen MR) is 72.6 cm³/mol. The average Bonchev–Trinajstić information content (AvgIpc) is 3.24. The summed E-state index contributed by atoms with van der Waals surface area (Å²) in [6.07, 6.45) is 3.29. The molecule has 3 rings (SSSR count). The van der Waals surface area contributed by atoms with Crippen molar-refractivity contribution in [1.29, 1.82) is 0 Å². The number of hydrogen-bond donors (Lipinski definition) is 2. The summed E-state index contributed by atoms with van der Waals surface area (Å²) in [5.74, 6) is 1.58. The van der Waals surface area contributed by atoms with Crippen LogP contribution in [0.15, 0.2) is 18.2 Å². The highest BCUT2D eigenvalue weighted by molar-refractivity contribution is 5.45. The van der Waals surface area contributed by atoms with Crippen LogP contribution in [0.2, 0.25) is 0 Å². The molecule has 0 bridgehead atoms. The molecular weight excluding hydrogens is 242 g/mol. The molecule has 104 valence electrons. The SMILES string of the molecule is CC(CO)(NC1CC1)c1ccc2c(c1)OCCCO2. The Morgan fingerprint density at radius 2 is 2.00 bits per heavy atom. The zero-order valence-corrected chi connectivity index (χ0v) is 11.3. The highest BCUT2D eigenvalue weighted by Gasteiger charge is 2.34. The molecule has 1 heterocycles. The molecule has 2 N–H and O–H groups in total. The second-order valence-corrected chi connectivity index (χ2v) is 5.62. The summed E-state index contributed by atoms with van der Waals surface area (Å²) in [5, 5.41) is 13.2. The van der Waals surface area contributed by atoms with Gasteiger partial charge in [-0.05, 0) is 37.5 Å². The fourth-order valence-corrected chi connectivity index (χ4v) is 2.40. The van der Waals surface area contributed by atoms with Gasteiger partial charge in [0.25, 0.3) is 0 Å². The van der Waals surface area contributed by atoms with Crippen molar-refractivity contribution in [3.8, 4) is 11.5 Å². The van der Waals surface area contributed by atoms with E-state index in [1.807, 2.05) is 25.1 Å². The second kappa shape index (κ2) is 5.02. The molecule has 1 aliphatic heterocycles. The van der Waals surface area contributed by atoms with Gasteiger partial charge in [-0.15, -0.1) is 0 Å². The van der Waals surface area contributed by atoms with Gasteiger partial charge in [0.1, 0.15) is 0 Å². The molecule has 1 atom stereocenters. The molecule has 0 spiro atoms. The minimum Gasteiger partial charge on any atom is -0.490 e. The minimum absolute atomic E-state index is 0.0726. The van der Waals surface area contributed by atoms with Crippen molar-refractivity contribution in [2.75, 3.05) is 19.8 Å². The van der Waals surface area contributed by atoms with Crippen molar-refractivity contribution in [2.45, 2.75) is 37.8 Å². The Balaban J connectivity index is 1.88. The lowest BCUT2D eigenvalue weighted by molar-refractivity contribution is 0.173. The monoisotopic (exact) mass is 263 g/mol. The largest absolute Gasteiger partial charge is 0.490 e. The Hall–Kier alpha value is -1.26. The zero-order chi connectivity index (χ0) is 13.3. The van der Waals surface area contributed by atoms with Crippen molar-refractivity contribution in [1.82, 2.24) is 5.32 Å². The summed E-state index contributed by atoms with van der Waals surface area (Å²) >= 11 is 0. The van der Waals surface area contributed by atoms with E-state index in [1.54, 1.807) is 0 Å². The third kappa shape index (κ3) is 2.69. The predicted octanol–water partition coefficient (Wildman–Crippen LogP) is 1.81. The molecular formula is C15H21NO3. The minimum atomic E-state index is -0.411. The maximum absolute atomic E-state index is 9.74. The quantitative estimate of drug-likeness (QED) is 0.870. The molecule has 4 nitrogen and oxygen atoms in total. The maximum Gasteiger partial charge on any atom is 0.161 e. The van der Waals surface area contributed by atoms with E-state index in [1.165, 1.54) is 12.8 Å². The highest BCUT2D eigenvalue weighted by Crippen LogP contribution is 2.35. The Labute approximate surface area is 113 Å². The summed E-state index contributed by atoms with van der Waals surface area (Å²) in [6.45, 7) is 3.49. The van der Waals surface area contributed by atoms with E-state index in [0.29, 0.717) is 19.3 Å². The Morgan fingerprint density at radius 1 is 1.26 bits per heavy atom. The van der Waals surface area contributed by atoms with Crippen molar-refractivity contribution in [2.24, 2.45) is 0 Å².